The van der Waals surface area contributed by atoms with Crippen molar-refractivity contribution in [3.8, 4) is 0 Å². The molecule has 1 aliphatic carbocycles. The summed E-state index contributed by atoms with van der Waals surface area (Å²) in [5.74, 6) is -7.38. The van der Waals surface area contributed by atoms with Crippen LogP contribution in [0.1, 0.15) is 301 Å². The number of carbonyl (C=O) groups is 4. The van der Waals surface area contributed by atoms with Crippen molar-refractivity contribution in [3.05, 3.63) is 26.0 Å². The minimum atomic E-state index is -1.35. The molecule has 0 aromatic carbocycles. The molecular weight excluding hydrogens is 1650 g/mol. The number of rotatable bonds is 24. The van der Waals surface area contributed by atoms with E-state index in [9.17, 15) is 49.8 Å². The molecule has 6 N–H and O–H groups in total. The van der Waals surface area contributed by atoms with Crippen LogP contribution in [0.25, 0.3) is 0 Å². The molecule has 9 saturated heterocycles. The van der Waals surface area contributed by atoms with Gasteiger partial charge >= 0.3 is 19.5 Å². The number of Topliss-reactive ketones (excluding diaryl/α,β-unsaturated/α-hetero) is 4. The average molecular weight is 1810 g/mol. The van der Waals surface area contributed by atoms with Gasteiger partial charge in [0.15, 0.2) is 17.4 Å². The van der Waals surface area contributed by atoms with Gasteiger partial charge in [-0.25, -0.2) is 0 Å². The van der Waals surface area contributed by atoms with Gasteiger partial charge in [-0.05, 0) is 205 Å². The molecule has 11 rings (SSSR count). The zero-order valence-electron chi connectivity index (χ0n) is 75.3. The number of carbonyl (C=O) groups excluding carboxylic acids is 4. The standard InChI is InChI=1S/C44H74O10.C43H72O10.2C2H5.CH2ClI.Zn/c1-12-30(28(9)45)34-16-15-23(4)38(51-34)27(8)36(46)26(7)37(47)31(13-2)39-24(5)21-25(6)44(52-39)33-22-32(33)40(48)43(54-44)20-19-41(11,53-43)35-17-18-42(49,14-3)29(10)50-35;1-12-31(29(9)44)33-16-15-24(4)38(50-33)28(8)36(46)27(7)37(47)32(13-2)39-25(5)23-26(6)42(51-39)20-17-34(45)43(53-42)22-21-40(11,52-43)35-18-19-41(48,14-3)30(10)49-35;2*1-2;2-1-3;/h23-27,29-36,38-40,46,48-49H,12-22H2,1-11H3;17,20,24-28,30-36,38-39,45-46,48H,12-16,18-19,21-23H2,1-11H3;2*1H2,2H3;1H2;/q;;2*-1;;+2/t23-,24-,25+,26-,27-,29-,30-,31-,32?,33?,34+,35+,36+,38+,39-,40+,41-,42+,43-,44+;24-,25-,26+,27-,28-,30-,31-,32-,33+,34+,35+,36+,38+,39-,40-,41+,42-,43-;;;;/m00..../s1. The summed E-state index contributed by atoms with van der Waals surface area (Å²) in [6.07, 6.45) is 11.2. The smallest absolute Gasteiger partial charge is 0.392 e. The molecule has 20 nitrogen and oxygen atoms in total. The van der Waals surface area contributed by atoms with E-state index in [2.05, 4.69) is 84.9 Å². The van der Waals surface area contributed by atoms with Gasteiger partial charge in [0.05, 0.1) is 99.5 Å². The first-order valence-corrected chi connectivity index (χ1v) is 46.9. The monoisotopic (exact) mass is 1810 g/mol. The number of alkyl halides is 2. The van der Waals surface area contributed by atoms with Gasteiger partial charge in [0.25, 0.3) is 0 Å². The summed E-state index contributed by atoms with van der Waals surface area (Å²) in [5.41, 5.74) is -3.17. The van der Waals surface area contributed by atoms with Crippen LogP contribution in [-0.2, 0) is 86.0 Å². The summed E-state index contributed by atoms with van der Waals surface area (Å²) in [5, 5.41) is 69.0. The molecule has 4 spiro atoms. The molecule has 10 fully saturated rings. The van der Waals surface area contributed by atoms with Crippen LogP contribution in [0.5, 0.6) is 0 Å². The molecule has 38 atom stereocenters. The fourth-order valence-electron chi connectivity index (χ4n) is 22.7. The second kappa shape index (κ2) is 42.6. The second-order valence-electron chi connectivity index (χ2n) is 37.6. The number of ketones is 4. The minimum absolute atomic E-state index is 0. The van der Waals surface area contributed by atoms with E-state index < -0.39 is 106 Å². The molecule has 0 radical (unpaired) electrons. The second-order valence-corrected chi connectivity index (χ2v) is 39.6. The fourth-order valence-corrected chi connectivity index (χ4v) is 22.7. The molecule has 0 amide bonds. The van der Waals surface area contributed by atoms with Crippen LogP contribution in [-0.4, -0.2) is 189 Å². The third kappa shape index (κ3) is 21.3. The number of halogens is 2. The van der Waals surface area contributed by atoms with Crippen LogP contribution in [0.2, 0.25) is 0 Å². The molecule has 0 bridgehead atoms. The molecule has 662 valence electrons. The van der Waals surface area contributed by atoms with E-state index in [1.165, 1.54) is 0 Å². The van der Waals surface area contributed by atoms with Gasteiger partial charge in [-0.2, -0.15) is 13.8 Å². The Morgan fingerprint density at radius 1 is 0.513 bits per heavy atom. The van der Waals surface area contributed by atoms with Crippen molar-refractivity contribution in [2.24, 2.45) is 94.7 Å². The van der Waals surface area contributed by atoms with E-state index in [-0.39, 0.29) is 162 Å². The summed E-state index contributed by atoms with van der Waals surface area (Å²) in [6, 6.07) is 0. The van der Waals surface area contributed by atoms with Crippen molar-refractivity contribution in [3.63, 3.8) is 0 Å². The number of aliphatic hydroxyl groups excluding tert-OH is 4. The Balaban J connectivity index is 0.000000330. The van der Waals surface area contributed by atoms with Crippen molar-refractivity contribution in [1.82, 2.24) is 0 Å². The first-order chi connectivity index (χ1) is 53.5. The molecule has 1 saturated carbocycles. The number of ether oxygens (including phenoxy) is 10. The molecular formula is C92H158ClIO20Zn. The van der Waals surface area contributed by atoms with Crippen LogP contribution in [0.4, 0.5) is 0 Å². The van der Waals surface area contributed by atoms with Gasteiger partial charge in [-0.1, -0.05) is 133 Å². The number of aliphatic hydroxyl groups is 6. The molecule has 2 unspecified atom stereocenters. The van der Waals surface area contributed by atoms with Crippen LogP contribution < -0.4 is 0 Å². The summed E-state index contributed by atoms with van der Waals surface area (Å²) >= 11 is 7.04. The predicted molar refractivity (Wildman–Crippen MR) is 453 cm³/mol. The van der Waals surface area contributed by atoms with Gasteiger partial charge in [0.2, 0.25) is 5.79 Å². The molecule has 11 aliphatic rings. The molecule has 115 heavy (non-hydrogen) atoms. The zero-order valence-corrected chi connectivity index (χ0v) is 81.2. The van der Waals surface area contributed by atoms with Crippen LogP contribution in [0, 0.1) is 109 Å². The number of fused-ring (bicyclic) bond motifs is 2. The summed E-state index contributed by atoms with van der Waals surface area (Å²) in [7, 11) is 0. The third-order valence-corrected chi connectivity index (χ3v) is 30.6. The topological polar surface area (TPSA) is 282 Å². The van der Waals surface area contributed by atoms with Crippen LogP contribution in [0.3, 0.4) is 0 Å². The summed E-state index contributed by atoms with van der Waals surface area (Å²) < 4.78 is 68.8. The summed E-state index contributed by atoms with van der Waals surface area (Å²) in [4.78, 5) is 53.8. The number of hydrogen-bond donors (Lipinski definition) is 6. The zero-order chi connectivity index (χ0) is 85.7. The Labute approximate surface area is 725 Å². The SMILES string of the molecule is CC[C@@H](C(=O)[C@@H](C)[C@@H](O)[C@H](C)[C@@H]1O[C@@H]([C@@H](CC)C(C)=O)CC[C@@H]1C)[C@H]1O[C@@]2(O[C@@]3(CC[C@@](C)([C@H]4CC[C@](O)(CC)[C@H](C)O4)O3)[C@H](O)C3CC32)[C@H](C)C[C@@H]1C.CC[C@@H](C(=O)[C@@H](C)[C@@H](O)[C@H](C)[C@@H]1O[C@@H]([C@@H](CC)C(C)=O)CC[C@@H]1C)[C@H]1O[C@]2(C=C[C@@H](O)[C@]3(CC[C@@](C)([C@H]4CC[C@](O)(CC)[C@H](C)O4)O3)O2)[C@H](C)C[C@@H]1C.ClCI.[CH2-]C.[CH2-]C.[Zn+2]. The van der Waals surface area contributed by atoms with E-state index in [1.807, 2.05) is 96.1 Å². The number of hydrogen-bond acceptors (Lipinski definition) is 20. The van der Waals surface area contributed by atoms with E-state index in [0.717, 1.165) is 51.4 Å². The Morgan fingerprint density at radius 3 is 1.30 bits per heavy atom. The van der Waals surface area contributed by atoms with Crippen LogP contribution in [0.15, 0.2) is 12.2 Å². The van der Waals surface area contributed by atoms with Crippen molar-refractivity contribution >= 4 is 57.3 Å². The van der Waals surface area contributed by atoms with Gasteiger partial charge in [0, 0.05) is 77.9 Å². The first kappa shape index (κ1) is 103. The van der Waals surface area contributed by atoms with Gasteiger partial charge in [-0.15, -0.1) is 11.6 Å². The largest absolute Gasteiger partial charge is 2.00 e. The molecule has 23 heteroatoms. The molecule has 10 heterocycles. The van der Waals surface area contributed by atoms with E-state index >= 15 is 0 Å². The average Bonchev–Trinajstić information content (AvgIpc) is 1.54. The molecule has 10 aliphatic heterocycles. The maximum absolute atomic E-state index is 14.6. The minimum Gasteiger partial charge on any atom is -0.392 e. The first-order valence-electron chi connectivity index (χ1n) is 44.8. The van der Waals surface area contributed by atoms with Crippen molar-refractivity contribution in [2.45, 2.75) is 432 Å². The Hall–Kier alpha value is -0.577. The van der Waals surface area contributed by atoms with Gasteiger partial charge in [-0.3, -0.25) is 19.2 Å². The van der Waals surface area contributed by atoms with Crippen LogP contribution >= 0.6 is 34.2 Å². The van der Waals surface area contributed by atoms with Crippen molar-refractivity contribution in [2.75, 3.05) is 3.89 Å². The van der Waals surface area contributed by atoms with E-state index in [0.29, 0.717) is 87.4 Å². The molecule has 0 aromatic heterocycles. The third-order valence-electron chi connectivity index (χ3n) is 30.6. The normalized spacial score (nSPS) is 44.6. The predicted octanol–water partition coefficient (Wildman–Crippen LogP) is 16.8. The summed E-state index contributed by atoms with van der Waals surface area (Å²) in [6.45, 7) is 53.6. The van der Waals surface area contributed by atoms with Gasteiger partial charge in [0.1, 0.15) is 35.3 Å². The Kier molecular flexibility index (Phi) is 38.2. The Morgan fingerprint density at radius 2 is 0.904 bits per heavy atom. The van der Waals surface area contributed by atoms with Crippen molar-refractivity contribution in [1.29, 1.82) is 0 Å². The maximum Gasteiger partial charge on any atom is 2.00 e. The van der Waals surface area contributed by atoms with E-state index in [4.69, 9.17) is 59.0 Å². The fraction of sp³-hybridized carbons (Fsp3) is 0.913. The Bertz CT molecular complexity index is 3120. The quantitative estimate of drug-likeness (QED) is 0.0172. The van der Waals surface area contributed by atoms with Crippen molar-refractivity contribution < 1.29 is 117 Å². The van der Waals surface area contributed by atoms with E-state index in [1.54, 1.807) is 33.8 Å². The van der Waals surface area contributed by atoms with Gasteiger partial charge < -0.3 is 91.9 Å². The maximum atomic E-state index is 14.6. The molecule has 0 aromatic rings.